The SMILES string of the molecule is C=CC.CF.O=C(N[C@H](Cc1ccc(Cl)cc1)C(=O)N1CCC2(CC1)CN(S)c1ccccc12)[C@@H]1Cc2ccc(OC(F)(F)F)cc2CN1. The number of para-hydroxylation sites is 1. The fourth-order valence-corrected chi connectivity index (χ4v) is 7.18. The number of thiol groups is 1. The maximum absolute atomic E-state index is 14.0. The molecule has 1 fully saturated rings. The number of nitrogens with zero attached hydrogens (tertiary/aromatic N) is 2. The topological polar surface area (TPSA) is 73.9 Å². The van der Waals surface area contributed by atoms with Crippen LogP contribution >= 0.6 is 24.4 Å². The Bertz CT molecular complexity index is 1600. The van der Waals surface area contributed by atoms with E-state index in [-0.39, 0.29) is 42.4 Å². The van der Waals surface area contributed by atoms with Crippen LogP contribution in [0.2, 0.25) is 5.02 Å². The van der Waals surface area contributed by atoms with Gasteiger partial charge in [0, 0.05) is 43.0 Å². The first-order valence-electron chi connectivity index (χ1n) is 15.9. The Kier molecular flexibility index (Phi) is 13.0. The Labute approximate surface area is 295 Å². The fraction of sp³-hybridized carbons (Fsp3) is 0.389. The van der Waals surface area contributed by atoms with E-state index in [1.165, 1.54) is 17.7 Å². The van der Waals surface area contributed by atoms with Crippen LogP contribution in [0.1, 0.15) is 42.0 Å². The molecule has 3 heterocycles. The molecule has 0 bridgehead atoms. The molecular formula is C36H41ClF4N4O3S. The average molecular weight is 721 g/mol. The Morgan fingerprint density at radius 2 is 1.76 bits per heavy atom. The van der Waals surface area contributed by atoms with Crippen molar-refractivity contribution in [3.05, 3.63) is 107 Å². The highest BCUT2D eigenvalue weighted by molar-refractivity contribution is 7.81. The number of benzene rings is 3. The van der Waals surface area contributed by atoms with Crippen molar-refractivity contribution in [2.24, 2.45) is 0 Å². The molecule has 0 radical (unpaired) electrons. The number of hydrogen-bond acceptors (Lipinski definition) is 6. The average Bonchev–Trinajstić information content (AvgIpc) is 3.36. The minimum absolute atomic E-state index is 0.0749. The lowest BCUT2D eigenvalue weighted by atomic mass is 9.74. The lowest BCUT2D eigenvalue weighted by molar-refractivity contribution is -0.274. The van der Waals surface area contributed by atoms with Gasteiger partial charge >= 0.3 is 6.36 Å². The molecule has 2 atom stereocenters. The number of anilines is 1. The molecule has 13 heteroatoms. The van der Waals surface area contributed by atoms with Crippen molar-refractivity contribution in [2.75, 3.05) is 31.1 Å². The number of allylic oxidation sites excluding steroid dienone is 1. The number of hydrogen-bond donors (Lipinski definition) is 3. The molecule has 1 saturated heterocycles. The minimum atomic E-state index is -4.78. The zero-order valence-corrected chi connectivity index (χ0v) is 29.1. The summed E-state index contributed by atoms with van der Waals surface area (Å²) in [5, 5.41) is 6.66. The van der Waals surface area contributed by atoms with Gasteiger partial charge in [0.15, 0.2) is 0 Å². The summed E-state index contributed by atoms with van der Waals surface area (Å²) < 4.78 is 53.5. The number of rotatable bonds is 6. The Morgan fingerprint density at radius 3 is 2.41 bits per heavy atom. The Morgan fingerprint density at radius 1 is 1.10 bits per heavy atom. The second-order valence-corrected chi connectivity index (χ2v) is 13.0. The van der Waals surface area contributed by atoms with Crippen LogP contribution in [0.15, 0.2) is 79.4 Å². The normalized spacial score (nSPS) is 18.1. The molecule has 3 aromatic carbocycles. The molecule has 0 aromatic heterocycles. The molecule has 0 unspecified atom stereocenters. The zero-order valence-electron chi connectivity index (χ0n) is 27.4. The van der Waals surface area contributed by atoms with Crippen LogP contribution in [0.3, 0.4) is 0 Å². The van der Waals surface area contributed by atoms with Crippen molar-refractivity contribution < 1.29 is 31.9 Å². The van der Waals surface area contributed by atoms with Gasteiger partial charge in [-0.2, -0.15) is 0 Å². The third-order valence-electron chi connectivity index (χ3n) is 8.90. The van der Waals surface area contributed by atoms with Crippen LogP contribution in [0.4, 0.5) is 23.2 Å². The van der Waals surface area contributed by atoms with Gasteiger partial charge in [-0.05, 0) is 78.8 Å². The Hall–Kier alpha value is -3.74. The highest BCUT2D eigenvalue weighted by Gasteiger charge is 2.45. The van der Waals surface area contributed by atoms with Crippen molar-refractivity contribution in [1.29, 1.82) is 0 Å². The number of nitrogens with one attached hydrogen (secondary N) is 2. The second kappa shape index (κ2) is 16.8. The van der Waals surface area contributed by atoms with Crippen LogP contribution in [0.25, 0.3) is 0 Å². The number of carbonyl (C=O) groups is 2. The molecule has 0 saturated carbocycles. The molecule has 49 heavy (non-hydrogen) atoms. The molecule has 2 amide bonds. The second-order valence-electron chi connectivity index (χ2n) is 12.1. The third-order valence-corrected chi connectivity index (χ3v) is 9.51. The highest BCUT2D eigenvalue weighted by atomic mass is 35.5. The molecule has 7 nitrogen and oxygen atoms in total. The summed E-state index contributed by atoms with van der Waals surface area (Å²) in [6.07, 6.45) is -0.905. The number of amides is 2. The van der Waals surface area contributed by atoms with E-state index in [4.69, 9.17) is 11.6 Å². The number of carbonyl (C=O) groups excluding carboxylic acids is 2. The summed E-state index contributed by atoms with van der Waals surface area (Å²) in [4.78, 5) is 29.3. The number of alkyl halides is 4. The first-order valence-corrected chi connectivity index (χ1v) is 16.6. The highest BCUT2D eigenvalue weighted by Crippen LogP contribution is 2.47. The van der Waals surface area contributed by atoms with Crippen molar-refractivity contribution in [1.82, 2.24) is 15.5 Å². The lowest BCUT2D eigenvalue weighted by Gasteiger charge is -2.41. The van der Waals surface area contributed by atoms with Gasteiger partial charge in [-0.15, -0.1) is 19.8 Å². The van der Waals surface area contributed by atoms with E-state index in [2.05, 4.69) is 46.9 Å². The monoisotopic (exact) mass is 720 g/mol. The number of fused-ring (bicyclic) bond motifs is 3. The zero-order chi connectivity index (χ0) is 35.8. The molecule has 264 valence electrons. The van der Waals surface area contributed by atoms with Gasteiger partial charge < -0.3 is 24.6 Å². The van der Waals surface area contributed by atoms with Crippen LogP contribution < -0.4 is 19.7 Å². The molecule has 0 aliphatic carbocycles. The molecule has 3 aromatic rings. The molecule has 6 rings (SSSR count). The van der Waals surface area contributed by atoms with Crippen molar-refractivity contribution >= 4 is 41.9 Å². The summed E-state index contributed by atoms with van der Waals surface area (Å²) in [7, 11) is 0.500. The van der Waals surface area contributed by atoms with Gasteiger partial charge in [-0.1, -0.05) is 66.9 Å². The van der Waals surface area contributed by atoms with E-state index in [1.807, 2.05) is 40.4 Å². The van der Waals surface area contributed by atoms with E-state index in [1.54, 1.807) is 24.3 Å². The van der Waals surface area contributed by atoms with Crippen LogP contribution in [0, 0.1) is 0 Å². The maximum Gasteiger partial charge on any atom is 0.573 e. The van der Waals surface area contributed by atoms with Gasteiger partial charge in [-0.25, -0.2) is 0 Å². The van der Waals surface area contributed by atoms with E-state index in [9.17, 15) is 27.2 Å². The Balaban J connectivity index is 0.00000103. The van der Waals surface area contributed by atoms with Gasteiger partial charge in [0.25, 0.3) is 0 Å². The maximum atomic E-state index is 14.0. The van der Waals surface area contributed by atoms with Crippen molar-refractivity contribution in [3.8, 4) is 5.75 Å². The van der Waals surface area contributed by atoms with E-state index in [0.29, 0.717) is 30.9 Å². The predicted molar refractivity (Wildman–Crippen MR) is 188 cm³/mol. The van der Waals surface area contributed by atoms with E-state index >= 15 is 0 Å². The smallest absolute Gasteiger partial charge is 0.406 e. The summed E-state index contributed by atoms with van der Waals surface area (Å²) >= 11 is 10.8. The lowest BCUT2D eigenvalue weighted by Crippen LogP contribution is -2.57. The molecule has 3 aliphatic rings. The first-order chi connectivity index (χ1) is 23.4. The van der Waals surface area contributed by atoms with Crippen LogP contribution in [-0.4, -0.2) is 62.0 Å². The van der Waals surface area contributed by atoms with Crippen LogP contribution in [0.5, 0.6) is 5.75 Å². The third kappa shape index (κ3) is 9.49. The van der Waals surface area contributed by atoms with Crippen molar-refractivity contribution in [2.45, 2.75) is 63.0 Å². The van der Waals surface area contributed by atoms with Gasteiger partial charge in [-0.3, -0.25) is 14.0 Å². The summed E-state index contributed by atoms with van der Waals surface area (Å²) in [5.74, 6) is -0.800. The number of piperidine rings is 1. The number of halogens is 5. The number of likely N-dealkylation sites (tertiary alicyclic amines) is 1. The predicted octanol–water partition coefficient (Wildman–Crippen LogP) is 6.98. The standard InChI is InChI=1S/C32H32ClF3N4O3S.C3H6.CH3F/c33-23-8-5-20(6-9-23)15-27(30(42)39-13-11-31(12-14-39)19-40(44)28-4-2-1-3-25(28)31)38-29(41)26-17-21-7-10-24(43-32(34,35)36)16-22(21)18-37-26;1-3-2;1-2/h1-10,16,26-27,37,44H,11-15,17-19H2,(H,38,41);3H,1H2,2H3;1H3/t26-,27+;;/m0../s1. The summed E-state index contributed by atoms with van der Waals surface area (Å²) in [6, 6.07) is 18.1. The molecule has 3 aliphatic heterocycles. The largest absolute Gasteiger partial charge is 0.573 e. The molecule has 2 N–H and O–H groups in total. The molecular weight excluding hydrogens is 680 g/mol. The van der Waals surface area contributed by atoms with E-state index < -0.39 is 18.4 Å². The van der Waals surface area contributed by atoms with Crippen LogP contribution in [-0.2, 0) is 34.4 Å². The fourth-order valence-electron chi connectivity index (χ4n) is 6.61. The summed E-state index contributed by atoms with van der Waals surface area (Å²) in [5.41, 5.74) is 4.52. The van der Waals surface area contributed by atoms with Crippen molar-refractivity contribution in [3.63, 3.8) is 0 Å². The van der Waals surface area contributed by atoms with E-state index in [0.717, 1.165) is 36.2 Å². The van der Waals surface area contributed by atoms with Gasteiger partial charge in [0.2, 0.25) is 11.8 Å². The molecule has 1 spiro atoms. The van der Waals surface area contributed by atoms with Gasteiger partial charge in [0.05, 0.1) is 18.9 Å². The van der Waals surface area contributed by atoms with Gasteiger partial charge in [0.1, 0.15) is 11.8 Å². The summed E-state index contributed by atoms with van der Waals surface area (Å²) in [6.45, 7) is 7.33. The minimum Gasteiger partial charge on any atom is -0.406 e. The quantitative estimate of drug-likeness (QED) is 0.146. The number of ether oxygens (including phenoxy) is 1. The first kappa shape index (κ1) is 38.1.